The van der Waals surface area contributed by atoms with Gasteiger partial charge in [0, 0.05) is 18.7 Å². The minimum atomic E-state index is -4.52. The first-order valence-corrected chi connectivity index (χ1v) is 8.81. The van der Waals surface area contributed by atoms with E-state index in [1.807, 2.05) is 4.90 Å². The maximum atomic E-state index is 13.1. The molecule has 0 aliphatic carbocycles. The first-order chi connectivity index (χ1) is 12.8. The van der Waals surface area contributed by atoms with E-state index in [0.29, 0.717) is 32.0 Å². The third-order valence-corrected chi connectivity index (χ3v) is 4.84. The van der Waals surface area contributed by atoms with E-state index in [1.165, 1.54) is 24.3 Å². The van der Waals surface area contributed by atoms with Crippen molar-refractivity contribution < 1.29 is 22.7 Å². The van der Waals surface area contributed by atoms with E-state index in [1.54, 1.807) is 0 Å². The van der Waals surface area contributed by atoms with Gasteiger partial charge < -0.3 is 15.0 Å². The highest BCUT2D eigenvalue weighted by Crippen LogP contribution is 2.36. The van der Waals surface area contributed by atoms with Crippen molar-refractivity contribution in [2.45, 2.75) is 6.18 Å². The van der Waals surface area contributed by atoms with Gasteiger partial charge in [-0.2, -0.15) is 13.2 Å². The Morgan fingerprint density at radius 1 is 1.04 bits per heavy atom. The predicted octanol–water partition coefficient (Wildman–Crippen LogP) is 5.10. The lowest BCUT2D eigenvalue weighted by Crippen LogP contribution is -2.36. The fourth-order valence-electron chi connectivity index (χ4n) is 2.72. The van der Waals surface area contributed by atoms with Crippen molar-refractivity contribution in [2.75, 3.05) is 36.5 Å². The fourth-order valence-corrected chi connectivity index (χ4v) is 3.02. The fraction of sp³-hybridized carbons (Fsp3) is 0.278. The summed E-state index contributed by atoms with van der Waals surface area (Å²) in [7, 11) is 0. The molecule has 4 nitrogen and oxygen atoms in total. The molecule has 2 aromatic carbocycles. The number of halogens is 5. The first kappa shape index (κ1) is 19.8. The largest absolute Gasteiger partial charge is 0.416 e. The topological polar surface area (TPSA) is 41.6 Å². The molecule has 27 heavy (non-hydrogen) atoms. The van der Waals surface area contributed by atoms with Crippen LogP contribution in [0.5, 0.6) is 0 Å². The van der Waals surface area contributed by atoms with E-state index < -0.39 is 17.6 Å². The van der Waals surface area contributed by atoms with E-state index in [4.69, 9.17) is 27.9 Å². The van der Waals surface area contributed by atoms with E-state index in [2.05, 4.69) is 5.32 Å². The second-order valence-corrected chi connectivity index (χ2v) is 6.73. The molecule has 1 N–H and O–H groups in total. The Balaban J connectivity index is 1.94. The average molecular weight is 419 g/mol. The summed E-state index contributed by atoms with van der Waals surface area (Å²) in [6, 6.07) is 7.55. The number of morpholine rings is 1. The molecule has 0 unspecified atom stereocenters. The monoisotopic (exact) mass is 418 g/mol. The average Bonchev–Trinajstić information content (AvgIpc) is 2.64. The van der Waals surface area contributed by atoms with Crippen LogP contribution in [0.4, 0.5) is 24.5 Å². The van der Waals surface area contributed by atoms with Crippen LogP contribution in [0.25, 0.3) is 0 Å². The highest BCUT2D eigenvalue weighted by molar-refractivity contribution is 6.42. The van der Waals surface area contributed by atoms with Crippen LogP contribution in [0.3, 0.4) is 0 Å². The quantitative estimate of drug-likeness (QED) is 0.753. The predicted molar refractivity (Wildman–Crippen MR) is 98.9 cm³/mol. The minimum Gasteiger partial charge on any atom is -0.378 e. The Morgan fingerprint density at radius 2 is 1.74 bits per heavy atom. The van der Waals surface area contributed by atoms with Crippen molar-refractivity contribution in [3.8, 4) is 0 Å². The van der Waals surface area contributed by atoms with Crippen molar-refractivity contribution in [1.29, 1.82) is 0 Å². The maximum Gasteiger partial charge on any atom is 0.416 e. The zero-order valence-corrected chi connectivity index (χ0v) is 15.5. The lowest BCUT2D eigenvalue weighted by molar-refractivity contribution is -0.137. The number of alkyl halides is 3. The number of rotatable bonds is 3. The summed E-state index contributed by atoms with van der Waals surface area (Å²) in [4.78, 5) is 14.4. The molecule has 0 aromatic heterocycles. The summed E-state index contributed by atoms with van der Waals surface area (Å²) in [5, 5.41) is 3.02. The second kappa shape index (κ2) is 7.96. The molecular weight excluding hydrogens is 404 g/mol. The van der Waals surface area contributed by atoms with Gasteiger partial charge in [-0.15, -0.1) is 0 Å². The highest BCUT2D eigenvalue weighted by atomic mass is 35.5. The Morgan fingerprint density at radius 3 is 2.37 bits per heavy atom. The van der Waals surface area contributed by atoms with Gasteiger partial charge in [-0.1, -0.05) is 23.2 Å². The molecule has 0 bridgehead atoms. The van der Waals surface area contributed by atoms with Gasteiger partial charge in [0.25, 0.3) is 5.91 Å². The third-order valence-electron chi connectivity index (χ3n) is 4.11. The van der Waals surface area contributed by atoms with Gasteiger partial charge in [-0.05, 0) is 36.4 Å². The smallest absolute Gasteiger partial charge is 0.378 e. The van der Waals surface area contributed by atoms with Gasteiger partial charge in [0.15, 0.2) is 0 Å². The molecule has 0 atom stereocenters. The van der Waals surface area contributed by atoms with Crippen LogP contribution in [0.15, 0.2) is 36.4 Å². The highest BCUT2D eigenvalue weighted by Gasteiger charge is 2.32. The third kappa shape index (κ3) is 4.66. The molecule has 9 heteroatoms. The number of carbonyl (C=O) groups excluding carboxylic acids is 1. The van der Waals surface area contributed by atoms with E-state index in [0.717, 1.165) is 12.1 Å². The number of ether oxygens (including phenoxy) is 1. The minimum absolute atomic E-state index is 0.0720. The van der Waals surface area contributed by atoms with Gasteiger partial charge in [-0.25, -0.2) is 0 Å². The number of anilines is 2. The number of amides is 1. The summed E-state index contributed by atoms with van der Waals surface area (Å²) in [5.41, 5.74) is -0.0822. The van der Waals surface area contributed by atoms with Crippen LogP contribution >= 0.6 is 23.2 Å². The molecule has 1 aliphatic rings. The van der Waals surface area contributed by atoms with Crippen LogP contribution in [0, 0.1) is 0 Å². The lowest BCUT2D eigenvalue weighted by Gasteiger charge is -2.31. The first-order valence-electron chi connectivity index (χ1n) is 8.06. The van der Waals surface area contributed by atoms with Gasteiger partial charge in [-0.3, -0.25) is 4.79 Å². The molecule has 1 fully saturated rings. The Hall–Kier alpha value is -1.96. The second-order valence-electron chi connectivity index (χ2n) is 5.91. The lowest BCUT2D eigenvalue weighted by atomic mass is 10.1. The van der Waals surface area contributed by atoms with Crippen LogP contribution in [0.2, 0.25) is 10.0 Å². The molecular formula is C18H15Cl2F3N2O2. The van der Waals surface area contributed by atoms with Gasteiger partial charge in [0.05, 0.1) is 40.2 Å². The Labute approximate surface area is 163 Å². The number of carbonyl (C=O) groups is 1. The molecule has 0 saturated carbocycles. The van der Waals surface area contributed by atoms with Gasteiger partial charge in [0.1, 0.15) is 0 Å². The number of nitrogens with zero attached hydrogens (tertiary/aromatic N) is 1. The van der Waals surface area contributed by atoms with Crippen molar-refractivity contribution in [1.82, 2.24) is 0 Å². The zero-order valence-electron chi connectivity index (χ0n) is 13.9. The summed E-state index contributed by atoms with van der Waals surface area (Å²) in [6.45, 7) is 1.95. The van der Waals surface area contributed by atoms with Gasteiger partial charge >= 0.3 is 6.18 Å². The maximum absolute atomic E-state index is 13.1. The normalized spacial score (nSPS) is 14.9. The van der Waals surface area contributed by atoms with Crippen LogP contribution in [0.1, 0.15) is 15.9 Å². The van der Waals surface area contributed by atoms with Gasteiger partial charge in [0.2, 0.25) is 0 Å². The number of hydrogen-bond acceptors (Lipinski definition) is 3. The summed E-state index contributed by atoms with van der Waals surface area (Å²) in [6.07, 6.45) is -4.52. The standard InChI is InChI=1S/C18H15Cl2F3N2O2/c19-13-3-1-11(9-14(13)20)17(26)24-15-10-12(18(21,22)23)2-4-16(15)25-5-7-27-8-6-25/h1-4,9-10H,5-8H2,(H,24,26). The number of nitrogens with one attached hydrogen (secondary N) is 1. The number of hydrogen-bond donors (Lipinski definition) is 1. The Kier molecular flexibility index (Phi) is 5.83. The summed E-state index contributed by atoms with van der Waals surface area (Å²) < 4.78 is 44.6. The van der Waals surface area contributed by atoms with E-state index >= 15 is 0 Å². The molecule has 1 amide bonds. The molecule has 144 valence electrons. The SMILES string of the molecule is O=C(Nc1cc(C(F)(F)F)ccc1N1CCOCC1)c1ccc(Cl)c(Cl)c1. The van der Waals surface area contributed by atoms with Crippen LogP contribution < -0.4 is 10.2 Å². The molecule has 2 aromatic rings. The van der Waals surface area contributed by atoms with Crippen molar-refractivity contribution in [3.63, 3.8) is 0 Å². The van der Waals surface area contributed by atoms with Crippen molar-refractivity contribution in [2.24, 2.45) is 0 Å². The molecule has 1 aliphatic heterocycles. The molecule has 1 saturated heterocycles. The molecule has 0 spiro atoms. The van der Waals surface area contributed by atoms with Crippen LogP contribution in [-0.4, -0.2) is 32.2 Å². The Bertz CT molecular complexity index is 853. The van der Waals surface area contributed by atoms with Crippen LogP contribution in [-0.2, 0) is 10.9 Å². The molecule has 1 heterocycles. The summed E-state index contributed by atoms with van der Waals surface area (Å²) in [5.74, 6) is -0.581. The number of benzene rings is 2. The van der Waals surface area contributed by atoms with Crippen molar-refractivity contribution >= 4 is 40.5 Å². The van der Waals surface area contributed by atoms with E-state index in [-0.39, 0.29) is 21.3 Å². The zero-order chi connectivity index (χ0) is 19.6. The summed E-state index contributed by atoms with van der Waals surface area (Å²) >= 11 is 11.8. The molecule has 3 rings (SSSR count). The molecule has 0 radical (unpaired) electrons. The van der Waals surface area contributed by atoms with Crippen molar-refractivity contribution in [3.05, 3.63) is 57.6 Å². The van der Waals surface area contributed by atoms with E-state index in [9.17, 15) is 18.0 Å².